The number of benzene rings is 1. The lowest BCUT2D eigenvalue weighted by molar-refractivity contribution is 0.312. The minimum atomic E-state index is 0.364. The summed E-state index contributed by atoms with van der Waals surface area (Å²) >= 11 is 0. The SMILES string of the molecule is Cc1ccc(C2(CNCC(C)C)CCCC2C)cc1. The van der Waals surface area contributed by atoms with E-state index in [-0.39, 0.29) is 0 Å². The average molecular weight is 259 g/mol. The maximum atomic E-state index is 3.71. The molecule has 0 amide bonds. The third-order valence-corrected chi connectivity index (χ3v) is 4.82. The van der Waals surface area contributed by atoms with Gasteiger partial charge in [-0.25, -0.2) is 0 Å². The molecule has 0 bridgehead atoms. The molecule has 1 nitrogen and oxygen atoms in total. The van der Waals surface area contributed by atoms with Gasteiger partial charge in [0, 0.05) is 12.0 Å². The fourth-order valence-electron chi connectivity index (χ4n) is 3.51. The van der Waals surface area contributed by atoms with Crippen molar-refractivity contribution in [1.29, 1.82) is 0 Å². The zero-order valence-corrected chi connectivity index (χ0v) is 13.0. The normalized spacial score (nSPS) is 27.1. The van der Waals surface area contributed by atoms with Gasteiger partial charge in [0.2, 0.25) is 0 Å². The van der Waals surface area contributed by atoms with Gasteiger partial charge in [-0.15, -0.1) is 0 Å². The first-order valence-electron chi connectivity index (χ1n) is 7.82. The van der Waals surface area contributed by atoms with Crippen LogP contribution in [0, 0.1) is 18.8 Å². The highest BCUT2D eigenvalue weighted by atomic mass is 14.9. The highest BCUT2D eigenvalue weighted by molar-refractivity contribution is 5.31. The van der Waals surface area contributed by atoms with Crippen LogP contribution in [0.25, 0.3) is 0 Å². The number of rotatable bonds is 5. The lowest BCUT2D eigenvalue weighted by atomic mass is 9.72. The topological polar surface area (TPSA) is 12.0 Å². The molecule has 1 heteroatoms. The van der Waals surface area contributed by atoms with E-state index in [0.29, 0.717) is 5.41 Å². The van der Waals surface area contributed by atoms with E-state index in [1.54, 1.807) is 5.56 Å². The molecular formula is C18H29N. The van der Waals surface area contributed by atoms with Crippen molar-refractivity contribution in [2.24, 2.45) is 11.8 Å². The summed E-state index contributed by atoms with van der Waals surface area (Å²) in [7, 11) is 0. The molecule has 2 atom stereocenters. The minimum Gasteiger partial charge on any atom is -0.316 e. The van der Waals surface area contributed by atoms with E-state index < -0.39 is 0 Å². The van der Waals surface area contributed by atoms with Gasteiger partial charge in [0.05, 0.1) is 0 Å². The Hall–Kier alpha value is -0.820. The van der Waals surface area contributed by atoms with E-state index in [1.807, 2.05) is 0 Å². The predicted molar refractivity (Wildman–Crippen MR) is 83.6 cm³/mol. The molecule has 1 aliphatic rings. The molecule has 2 unspecified atom stereocenters. The molecule has 0 spiro atoms. The van der Waals surface area contributed by atoms with Crippen LogP contribution in [0.4, 0.5) is 0 Å². The van der Waals surface area contributed by atoms with E-state index in [9.17, 15) is 0 Å². The third kappa shape index (κ3) is 3.20. The molecule has 1 saturated carbocycles. The van der Waals surface area contributed by atoms with Crippen LogP contribution in [0.15, 0.2) is 24.3 Å². The van der Waals surface area contributed by atoms with Gasteiger partial charge in [0.1, 0.15) is 0 Å². The molecule has 0 saturated heterocycles. The largest absolute Gasteiger partial charge is 0.316 e. The monoisotopic (exact) mass is 259 g/mol. The van der Waals surface area contributed by atoms with Gasteiger partial charge >= 0.3 is 0 Å². The summed E-state index contributed by atoms with van der Waals surface area (Å²) in [6.45, 7) is 11.4. The molecule has 0 heterocycles. The maximum Gasteiger partial charge on any atom is 0.0103 e. The van der Waals surface area contributed by atoms with Gasteiger partial charge in [-0.1, -0.05) is 57.0 Å². The van der Waals surface area contributed by atoms with Gasteiger partial charge < -0.3 is 5.32 Å². The van der Waals surface area contributed by atoms with E-state index >= 15 is 0 Å². The molecule has 0 aliphatic heterocycles. The molecule has 1 aromatic carbocycles. The van der Waals surface area contributed by atoms with Gasteiger partial charge in [0.25, 0.3) is 0 Å². The van der Waals surface area contributed by atoms with E-state index in [4.69, 9.17) is 0 Å². The molecule has 1 aromatic rings. The maximum absolute atomic E-state index is 3.71. The highest BCUT2D eigenvalue weighted by Crippen LogP contribution is 2.45. The summed E-state index contributed by atoms with van der Waals surface area (Å²) in [5, 5.41) is 3.71. The summed E-state index contributed by atoms with van der Waals surface area (Å²) in [5.74, 6) is 1.52. The van der Waals surface area contributed by atoms with Gasteiger partial charge in [0.15, 0.2) is 0 Å². The number of nitrogens with one attached hydrogen (secondary N) is 1. The Kier molecular flexibility index (Phi) is 4.67. The van der Waals surface area contributed by atoms with Crippen LogP contribution in [0.1, 0.15) is 51.2 Å². The van der Waals surface area contributed by atoms with Crippen molar-refractivity contribution in [2.45, 2.75) is 52.4 Å². The number of hydrogen-bond donors (Lipinski definition) is 1. The second kappa shape index (κ2) is 6.09. The third-order valence-electron chi connectivity index (χ3n) is 4.82. The van der Waals surface area contributed by atoms with Crippen LogP contribution >= 0.6 is 0 Å². The van der Waals surface area contributed by atoms with Crippen LogP contribution in [0.5, 0.6) is 0 Å². The Balaban J connectivity index is 2.17. The van der Waals surface area contributed by atoms with Crippen LogP contribution in [0.3, 0.4) is 0 Å². The second-order valence-corrected chi connectivity index (χ2v) is 6.84. The molecule has 0 aromatic heterocycles. The second-order valence-electron chi connectivity index (χ2n) is 6.84. The Morgan fingerprint density at radius 3 is 2.47 bits per heavy atom. The predicted octanol–water partition coefficient (Wildman–Crippen LogP) is 4.30. The first-order chi connectivity index (χ1) is 9.04. The summed E-state index contributed by atoms with van der Waals surface area (Å²) < 4.78 is 0. The average Bonchev–Trinajstić information content (AvgIpc) is 2.72. The van der Waals surface area contributed by atoms with Gasteiger partial charge in [-0.05, 0) is 43.7 Å². The molecule has 1 N–H and O–H groups in total. The smallest absolute Gasteiger partial charge is 0.0103 e. The molecule has 1 aliphatic carbocycles. The fourth-order valence-corrected chi connectivity index (χ4v) is 3.51. The van der Waals surface area contributed by atoms with E-state index in [1.165, 1.54) is 24.8 Å². The van der Waals surface area contributed by atoms with Crippen molar-refractivity contribution >= 4 is 0 Å². The fraction of sp³-hybridized carbons (Fsp3) is 0.667. The lowest BCUT2D eigenvalue weighted by Gasteiger charge is -2.35. The molecule has 0 radical (unpaired) electrons. The van der Waals surface area contributed by atoms with Crippen molar-refractivity contribution in [3.8, 4) is 0 Å². The quantitative estimate of drug-likeness (QED) is 0.831. The number of aryl methyl sites for hydroxylation is 1. The van der Waals surface area contributed by atoms with Crippen LogP contribution in [-0.2, 0) is 5.41 Å². The van der Waals surface area contributed by atoms with E-state index in [2.05, 4.69) is 57.3 Å². The van der Waals surface area contributed by atoms with Gasteiger partial charge in [-0.2, -0.15) is 0 Å². The Morgan fingerprint density at radius 2 is 1.95 bits per heavy atom. The Morgan fingerprint density at radius 1 is 1.26 bits per heavy atom. The number of hydrogen-bond acceptors (Lipinski definition) is 1. The standard InChI is InChI=1S/C18H29N/c1-14(2)12-19-13-18(11-5-6-16(18)4)17-9-7-15(3)8-10-17/h7-10,14,16,19H,5-6,11-13H2,1-4H3. The highest BCUT2D eigenvalue weighted by Gasteiger charge is 2.41. The molecule has 1 fully saturated rings. The summed E-state index contributed by atoms with van der Waals surface area (Å²) in [6.07, 6.45) is 4.08. The van der Waals surface area contributed by atoms with Gasteiger partial charge in [-0.3, -0.25) is 0 Å². The van der Waals surface area contributed by atoms with Crippen molar-refractivity contribution in [3.05, 3.63) is 35.4 Å². The van der Waals surface area contributed by atoms with Crippen molar-refractivity contribution < 1.29 is 0 Å². The van der Waals surface area contributed by atoms with Crippen molar-refractivity contribution in [1.82, 2.24) is 5.32 Å². The summed E-state index contributed by atoms with van der Waals surface area (Å²) in [4.78, 5) is 0. The minimum absolute atomic E-state index is 0.364. The zero-order valence-electron chi connectivity index (χ0n) is 13.0. The first-order valence-corrected chi connectivity index (χ1v) is 7.82. The lowest BCUT2D eigenvalue weighted by Crippen LogP contribution is -2.41. The van der Waals surface area contributed by atoms with Crippen LogP contribution in [-0.4, -0.2) is 13.1 Å². The zero-order chi connectivity index (χ0) is 13.9. The molecule has 2 rings (SSSR count). The van der Waals surface area contributed by atoms with Crippen LogP contribution in [0.2, 0.25) is 0 Å². The Labute approximate surface area is 118 Å². The van der Waals surface area contributed by atoms with Crippen molar-refractivity contribution in [3.63, 3.8) is 0 Å². The molecule has 19 heavy (non-hydrogen) atoms. The van der Waals surface area contributed by atoms with Crippen molar-refractivity contribution in [2.75, 3.05) is 13.1 Å². The van der Waals surface area contributed by atoms with E-state index in [0.717, 1.165) is 24.9 Å². The molecular weight excluding hydrogens is 230 g/mol. The van der Waals surface area contributed by atoms with Crippen LogP contribution < -0.4 is 5.32 Å². The summed E-state index contributed by atoms with van der Waals surface area (Å²) in [5.41, 5.74) is 3.27. The molecule has 106 valence electrons. The first kappa shape index (κ1) is 14.6. The summed E-state index contributed by atoms with van der Waals surface area (Å²) in [6, 6.07) is 9.25. The Bertz CT molecular complexity index is 393.